The van der Waals surface area contributed by atoms with E-state index in [1.165, 1.54) is 4.31 Å². The summed E-state index contributed by atoms with van der Waals surface area (Å²) in [5.74, 6) is 0. The number of hydrogen-bond acceptors (Lipinski definition) is 5. The molecule has 1 unspecified atom stereocenters. The lowest BCUT2D eigenvalue weighted by molar-refractivity contribution is 0.181. The molecule has 1 aromatic heterocycles. The zero-order valence-electron chi connectivity index (χ0n) is 12.7. The minimum atomic E-state index is -3.58. The Kier molecular flexibility index (Phi) is 5.03. The van der Waals surface area contributed by atoms with Gasteiger partial charge in [0.25, 0.3) is 0 Å². The molecule has 0 aliphatic carbocycles. The minimum absolute atomic E-state index is 0.0553. The molecule has 1 fully saturated rings. The third kappa shape index (κ3) is 3.13. The van der Waals surface area contributed by atoms with Crippen LogP contribution in [0.3, 0.4) is 0 Å². The zero-order valence-corrected chi connectivity index (χ0v) is 13.6. The molecule has 1 saturated heterocycles. The SMILES string of the molecule is Cc1nn(CCCO)c(C)c1S(=O)(=O)N(C)C1CCOC1. The van der Waals surface area contributed by atoms with Gasteiger partial charge in [0.05, 0.1) is 24.0 Å². The summed E-state index contributed by atoms with van der Waals surface area (Å²) < 4.78 is 34.0. The standard InChI is InChI=1S/C13H23N3O4S/c1-10-13(11(2)16(14-10)6-4-7-17)21(18,19)15(3)12-5-8-20-9-12/h12,17H,4-9H2,1-3H3. The number of rotatable bonds is 6. The van der Waals surface area contributed by atoms with Gasteiger partial charge in [-0.05, 0) is 26.7 Å². The van der Waals surface area contributed by atoms with E-state index in [9.17, 15) is 8.42 Å². The Morgan fingerprint density at radius 3 is 2.76 bits per heavy atom. The molecule has 1 aliphatic rings. The van der Waals surface area contributed by atoms with Gasteiger partial charge in [0, 0.05) is 26.8 Å². The summed E-state index contributed by atoms with van der Waals surface area (Å²) in [6.07, 6.45) is 1.26. The molecule has 8 heteroatoms. The van der Waals surface area contributed by atoms with Gasteiger partial charge in [0.1, 0.15) is 4.90 Å². The van der Waals surface area contributed by atoms with Crippen molar-refractivity contribution >= 4 is 10.0 Å². The van der Waals surface area contributed by atoms with E-state index in [1.54, 1.807) is 25.6 Å². The number of nitrogens with zero attached hydrogens (tertiary/aromatic N) is 3. The number of aromatic nitrogens is 2. The van der Waals surface area contributed by atoms with Crippen LogP contribution in [-0.4, -0.2) is 60.5 Å². The molecule has 1 aliphatic heterocycles. The normalized spacial score (nSPS) is 19.6. The first-order chi connectivity index (χ1) is 9.89. The van der Waals surface area contributed by atoms with Crippen LogP contribution in [-0.2, 0) is 21.3 Å². The summed E-state index contributed by atoms with van der Waals surface area (Å²) in [5, 5.41) is 13.2. The van der Waals surface area contributed by atoms with Crippen LogP contribution in [0.1, 0.15) is 24.2 Å². The van der Waals surface area contributed by atoms with Gasteiger partial charge < -0.3 is 9.84 Å². The Balaban J connectivity index is 2.33. The van der Waals surface area contributed by atoms with Crippen LogP contribution in [0.15, 0.2) is 4.90 Å². The van der Waals surface area contributed by atoms with E-state index >= 15 is 0 Å². The van der Waals surface area contributed by atoms with Crippen molar-refractivity contribution in [3.8, 4) is 0 Å². The first-order valence-corrected chi connectivity index (χ1v) is 8.54. The summed E-state index contributed by atoms with van der Waals surface area (Å²) in [7, 11) is -1.98. The molecule has 1 N–H and O–H groups in total. The Morgan fingerprint density at radius 2 is 2.19 bits per heavy atom. The molecule has 1 aromatic rings. The highest BCUT2D eigenvalue weighted by Crippen LogP contribution is 2.26. The topological polar surface area (TPSA) is 84.7 Å². The summed E-state index contributed by atoms with van der Waals surface area (Å²) >= 11 is 0. The molecule has 0 saturated carbocycles. The summed E-state index contributed by atoms with van der Waals surface area (Å²) in [6, 6.07) is -0.116. The molecular formula is C13H23N3O4S. The van der Waals surface area contributed by atoms with Crippen LogP contribution in [0.4, 0.5) is 0 Å². The molecule has 1 atom stereocenters. The maximum atomic E-state index is 12.8. The number of aryl methyl sites for hydroxylation is 2. The molecule has 0 amide bonds. The van der Waals surface area contributed by atoms with Gasteiger partial charge in [-0.3, -0.25) is 4.68 Å². The largest absolute Gasteiger partial charge is 0.396 e. The first kappa shape index (κ1) is 16.4. The van der Waals surface area contributed by atoms with E-state index in [0.717, 1.165) is 0 Å². The summed E-state index contributed by atoms with van der Waals surface area (Å²) in [4.78, 5) is 0.273. The molecule has 7 nitrogen and oxygen atoms in total. The van der Waals surface area contributed by atoms with Gasteiger partial charge in [-0.15, -0.1) is 0 Å². The second-order valence-electron chi connectivity index (χ2n) is 5.34. The van der Waals surface area contributed by atoms with Gasteiger partial charge in [-0.1, -0.05) is 0 Å². The molecule has 21 heavy (non-hydrogen) atoms. The van der Waals surface area contributed by atoms with Crippen LogP contribution in [0.2, 0.25) is 0 Å². The molecule has 2 rings (SSSR count). The van der Waals surface area contributed by atoms with Crippen molar-refractivity contribution in [3.05, 3.63) is 11.4 Å². The van der Waals surface area contributed by atoms with Crippen LogP contribution in [0.5, 0.6) is 0 Å². The molecule has 0 spiro atoms. The molecule has 0 bridgehead atoms. The van der Waals surface area contributed by atoms with Crippen LogP contribution in [0.25, 0.3) is 0 Å². The van der Waals surface area contributed by atoms with Gasteiger partial charge >= 0.3 is 0 Å². The molecular weight excluding hydrogens is 294 g/mol. The highest BCUT2D eigenvalue weighted by atomic mass is 32.2. The van der Waals surface area contributed by atoms with E-state index in [2.05, 4.69) is 5.10 Å². The quantitative estimate of drug-likeness (QED) is 0.815. The lowest BCUT2D eigenvalue weighted by Crippen LogP contribution is -2.37. The van der Waals surface area contributed by atoms with Crippen molar-refractivity contribution in [1.82, 2.24) is 14.1 Å². The molecule has 0 radical (unpaired) electrons. The highest BCUT2D eigenvalue weighted by molar-refractivity contribution is 7.89. The Hall–Kier alpha value is -0.960. The number of hydrogen-bond donors (Lipinski definition) is 1. The predicted octanol–water partition coefficient (Wildman–Crippen LogP) is 0.292. The van der Waals surface area contributed by atoms with Crippen molar-refractivity contribution in [2.75, 3.05) is 26.9 Å². The zero-order chi connectivity index (χ0) is 15.6. The van der Waals surface area contributed by atoms with Gasteiger partial charge in [-0.25, -0.2) is 8.42 Å². The summed E-state index contributed by atoms with van der Waals surface area (Å²) in [6.45, 7) is 5.05. The smallest absolute Gasteiger partial charge is 0.246 e. The van der Waals surface area contributed by atoms with Gasteiger partial charge in [0.2, 0.25) is 10.0 Å². The van der Waals surface area contributed by atoms with Crippen molar-refractivity contribution < 1.29 is 18.3 Å². The van der Waals surface area contributed by atoms with Crippen molar-refractivity contribution in [1.29, 1.82) is 0 Å². The lowest BCUT2D eigenvalue weighted by Gasteiger charge is -2.22. The number of sulfonamides is 1. The Labute approximate surface area is 125 Å². The maximum Gasteiger partial charge on any atom is 0.246 e. The summed E-state index contributed by atoms with van der Waals surface area (Å²) in [5.41, 5.74) is 1.11. The van der Waals surface area contributed by atoms with Crippen LogP contribution in [0, 0.1) is 13.8 Å². The lowest BCUT2D eigenvalue weighted by atomic mass is 10.3. The number of aliphatic hydroxyl groups is 1. The third-order valence-corrected chi connectivity index (χ3v) is 6.06. The molecule has 120 valence electrons. The molecule has 2 heterocycles. The average molecular weight is 317 g/mol. The fourth-order valence-corrected chi connectivity index (χ4v) is 4.38. The van der Waals surface area contributed by atoms with Crippen LogP contribution < -0.4 is 0 Å². The van der Waals surface area contributed by atoms with E-state index in [-0.39, 0.29) is 17.5 Å². The first-order valence-electron chi connectivity index (χ1n) is 7.10. The van der Waals surface area contributed by atoms with Crippen LogP contribution >= 0.6 is 0 Å². The maximum absolute atomic E-state index is 12.8. The Bertz CT molecular complexity index is 591. The monoisotopic (exact) mass is 317 g/mol. The Morgan fingerprint density at radius 1 is 1.48 bits per heavy atom. The van der Waals surface area contributed by atoms with Crippen molar-refractivity contribution in [2.45, 2.75) is 44.2 Å². The fourth-order valence-electron chi connectivity index (χ4n) is 2.64. The van der Waals surface area contributed by atoms with Crippen molar-refractivity contribution in [3.63, 3.8) is 0 Å². The second kappa shape index (κ2) is 6.43. The van der Waals surface area contributed by atoms with E-state index in [4.69, 9.17) is 9.84 Å². The van der Waals surface area contributed by atoms with Gasteiger partial charge in [0.15, 0.2) is 0 Å². The number of likely N-dealkylation sites (N-methyl/N-ethyl adjacent to an activating group) is 1. The third-order valence-electron chi connectivity index (χ3n) is 3.90. The second-order valence-corrected chi connectivity index (χ2v) is 7.27. The molecule has 0 aromatic carbocycles. The van der Waals surface area contributed by atoms with E-state index in [1.807, 2.05) is 0 Å². The number of aliphatic hydroxyl groups excluding tert-OH is 1. The van der Waals surface area contributed by atoms with Gasteiger partial charge in [-0.2, -0.15) is 9.40 Å². The minimum Gasteiger partial charge on any atom is -0.396 e. The van der Waals surface area contributed by atoms with E-state index < -0.39 is 10.0 Å². The number of ether oxygens (including phenoxy) is 1. The van der Waals surface area contributed by atoms with Crippen molar-refractivity contribution in [2.24, 2.45) is 0 Å². The highest BCUT2D eigenvalue weighted by Gasteiger charge is 2.34. The fraction of sp³-hybridized carbons (Fsp3) is 0.769. The predicted molar refractivity (Wildman–Crippen MR) is 77.6 cm³/mol. The van der Waals surface area contributed by atoms with E-state index in [0.29, 0.717) is 44.0 Å². The average Bonchev–Trinajstić information content (AvgIpc) is 3.04.